The second-order valence-electron chi connectivity index (χ2n) is 14.5. The number of likely N-dealkylation sites (N-methyl/N-ethyl adjacent to an activating group) is 1. The van der Waals surface area contributed by atoms with E-state index >= 15 is 0 Å². The molecule has 0 aliphatic carbocycles. The van der Waals surface area contributed by atoms with Crippen LogP contribution in [-0.2, 0) is 28.6 Å². The number of rotatable bonds is 35. The molecule has 0 spiro atoms. The van der Waals surface area contributed by atoms with Crippen LogP contribution in [0.15, 0.2) is 12.2 Å². The first kappa shape index (κ1) is 46.1. The quantitative estimate of drug-likeness (QED) is 0.0307. The molecule has 1 N–H and O–H groups in total. The predicted octanol–water partition coefficient (Wildman–Crippen LogP) is 9.97. The van der Waals surface area contributed by atoms with Gasteiger partial charge < -0.3 is 23.8 Å². The standard InChI is InChI=1S/C40H75NO7/c1-6-8-10-12-14-16-18-19-20-21-23-25-27-29-31-39(43)48-36(34-46-33-32-37(40(44)45)41(3,4)5)35-47-38(42)30-28-26-24-22-17-15-13-11-9-7-2/h13,15,36-37H,6-12,14,16-35H2,1-5H3/p+1/b15-13+. The van der Waals surface area contributed by atoms with E-state index in [1.807, 2.05) is 21.1 Å². The first-order valence-electron chi connectivity index (χ1n) is 19.7. The largest absolute Gasteiger partial charge is 0.477 e. The van der Waals surface area contributed by atoms with Crippen LogP contribution >= 0.6 is 0 Å². The molecule has 48 heavy (non-hydrogen) atoms. The molecule has 0 amide bonds. The maximum Gasteiger partial charge on any atom is 0.362 e. The second kappa shape index (κ2) is 32.3. The van der Waals surface area contributed by atoms with Crippen LogP contribution in [0, 0.1) is 0 Å². The Hall–Kier alpha value is -1.93. The number of unbranched alkanes of at least 4 members (excludes halogenated alkanes) is 19. The highest BCUT2D eigenvalue weighted by Crippen LogP contribution is 2.15. The summed E-state index contributed by atoms with van der Waals surface area (Å²) in [6, 6.07) is -0.610. The molecule has 0 aliphatic rings. The van der Waals surface area contributed by atoms with Crippen LogP contribution in [0.3, 0.4) is 0 Å². The lowest BCUT2D eigenvalue weighted by molar-refractivity contribution is -0.887. The zero-order valence-electron chi connectivity index (χ0n) is 32.0. The van der Waals surface area contributed by atoms with Gasteiger partial charge >= 0.3 is 17.9 Å². The van der Waals surface area contributed by atoms with Gasteiger partial charge in [-0.3, -0.25) is 9.59 Å². The first-order chi connectivity index (χ1) is 23.1. The lowest BCUT2D eigenvalue weighted by Crippen LogP contribution is -2.50. The molecule has 0 aromatic heterocycles. The van der Waals surface area contributed by atoms with Crippen LogP contribution in [0.25, 0.3) is 0 Å². The van der Waals surface area contributed by atoms with E-state index in [-0.39, 0.29) is 36.2 Å². The fourth-order valence-electron chi connectivity index (χ4n) is 5.78. The third-order valence-corrected chi connectivity index (χ3v) is 8.91. The van der Waals surface area contributed by atoms with Crippen LogP contribution in [0.2, 0.25) is 0 Å². The minimum absolute atomic E-state index is 0.0520. The maximum atomic E-state index is 12.6. The van der Waals surface area contributed by atoms with Gasteiger partial charge in [0.1, 0.15) is 6.61 Å². The monoisotopic (exact) mass is 683 g/mol. The number of hydrogen-bond donors (Lipinski definition) is 1. The minimum Gasteiger partial charge on any atom is -0.477 e. The zero-order valence-corrected chi connectivity index (χ0v) is 32.0. The van der Waals surface area contributed by atoms with Crippen molar-refractivity contribution in [3.63, 3.8) is 0 Å². The number of nitrogens with zero attached hydrogens (tertiary/aromatic N) is 1. The van der Waals surface area contributed by atoms with Crippen LogP contribution in [-0.4, -0.2) is 80.6 Å². The zero-order chi connectivity index (χ0) is 35.7. The molecule has 0 aromatic rings. The molecule has 0 rings (SSSR count). The average molecular weight is 683 g/mol. The van der Waals surface area contributed by atoms with Gasteiger partial charge in [0.25, 0.3) is 0 Å². The van der Waals surface area contributed by atoms with E-state index in [9.17, 15) is 19.5 Å². The number of allylic oxidation sites excluding steroid dienone is 2. The van der Waals surface area contributed by atoms with Crippen molar-refractivity contribution in [3.05, 3.63) is 12.2 Å². The summed E-state index contributed by atoms with van der Waals surface area (Å²) in [7, 11) is 5.52. The van der Waals surface area contributed by atoms with Crippen molar-refractivity contribution in [2.75, 3.05) is 41.0 Å². The number of ether oxygens (including phenoxy) is 3. The molecule has 0 heterocycles. The Kier molecular flexibility index (Phi) is 31.0. The Morgan fingerprint density at radius 3 is 1.56 bits per heavy atom. The molecule has 0 bridgehead atoms. The summed E-state index contributed by atoms with van der Waals surface area (Å²) in [5, 5.41) is 9.58. The van der Waals surface area contributed by atoms with E-state index in [2.05, 4.69) is 26.0 Å². The molecule has 2 unspecified atom stereocenters. The van der Waals surface area contributed by atoms with Gasteiger partial charge in [0.15, 0.2) is 12.1 Å². The van der Waals surface area contributed by atoms with Gasteiger partial charge in [-0.05, 0) is 32.1 Å². The van der Waals surface area contributed by atoms with Crippen molar-refractivity contribution in [1.82, 2.24) is 0 Å². The van der Waals surface area contributed by atoms with Crippen molar-refractivity contribution in [1.29, 1.82) is 0 Å². The lowest BCUT2D eigenvalue weighted by atomic mass is 10.0. The van der Waals surface area contributed by atoms with Crippen molar-refractivity contribution < 1.29 is 38.2 Å². The summed E-state index contributed by atoms with van der Waals surface area (Å²) in [5.74, 6) is -1.48. The van der Waals surface area contributed by atoms with Crippen molar-refractivity contribution in [2.45, 2.75) is 187 Å². The Labute approximate surface area is 295 Å². The summed E-state index contributed by atoms with van der Waals surface area (Å²) in [6.07, 6.45) is 31.1. The van der Waals surface area contributed by atoms with Crippen LogP contribution in [0.4, 0.5) is 0 Å². The molecule has 0 radical (unpaired) electrons. The number of carbonyl (C=O) groups is 3. The van der Waals surface area contributed by atoms with Crippen molar-refractivity contribution in [2.24, 2.45) is 0 Å². The molecule has 0 saturated heterocycles. The fraction of sp³-hybridized carbons (Fsp3) is 0.875. The Bertz CT molecular complexity index is 808. The van der Waals surface area contributed by atoms with Crippen LogP contribution < -0.4 is 0 Å². The normalized spacial score (nSPS) is 13.1. The Morgan fingerprint density at radius 2 is 1.06 bits per heavy atom. The summed E-state index contributed by atoms with van der Waals surface area (Å²) in [5.41, 5.74) is 0. The molecule has 0 saturated carbocycles. The van der Waals surface area contributed by atoms with Crippen molar-refractivity contribution >= 4 is 17.9 Å². The molecule has 0 fully saturated rings. The predicted molar refractivity (Wildman–Crippen MR) is 197 cm³/mol. The van der Waals surface area contributed by atoms with Gasteiger partial charge in [0.2, 0.25) is 0 Å². The van der Waals surface area contributed by atoms with E-state index in [4.69, 9.17) is 14.2 Å². The highest BCUT2D eigenvalue weighted by molar-refractivity contribution is 5.72. The molecular formula is C40H76NO7+. The van der Waals surface area contributed by atoms with E-state index in [0.717, 1.165) is 57.8 Å². The van der Waals surface area contributed by atoms with Crippen LogP contribution in [0.1, 0.15) is 174 Å². The molecule has 2 atom stereocenters. The van der Waals surface area contributed by atoms with Gasteiger partial charge in [-0.25, -0.2) is 4.79 Å². The second-order valence-corrected chi connectivity index (χ2v) is 14.5. The van der Waals surface area contributed by atoms with Crippen molar-refractivity contribution in [3.8, 4) is 0 Å². The fourth-order valence-corrected chi connectivity index (χ4v) is 5.78. The van der Waals surface area contributed by atoms with Crippen LogP contribution in [0.5, 0.6) is 0 Å². The smallest absolute Gasteiger partial charge is 0.362 e. The number of hydrogen-bond acceptors (Lipinski definition) is 6. The lowest BCUT2D eigenvalue weighted by Gasteiger charge is -2.31. The SMILES string of the molecule is CCCC/C=C/CCCCCCC(=O)OCC(COCCC(C(=O)O)[N+](C)(C)C)OC(=O)CCCCCCCCCCCCCCCC. The molecule has 0 aromatic carbocycles. The highest BCUT2D eigenvalue weighted by atomic mass is 16.6. The Balaban J connectivity index is 4.39. The number of carboxylic acid groups (broad SMARTS) is 1. The third-order valence-electron chi connectivity index (χ3n) is 8.91. The minimum atomic E-state index is -0.875. The highest BCUT2D eigenvalue weighted by Gasteiger charge is 2.31. The number of carbonyl (C=O) groups excluding carboxylic acids is 2. The first-order valence-corrected chi connectivity index (χ1v) is 19.7. The number of aliphatic carboxylic acids is 1. The maximum absolute atomic E-state index is 12.6. The number of quaternary nitrogens is 1. The van der Waals surface area contributed by atoms with E-state index in [1.54, 1.807) is 0 Å². The van der Waals surface area contributed by atoms with Gasteiger partial charge in [0, 0.05) is 19.3 Å². The molecule has 8 heteroatoms. The van der Waals surface area contributed by atoms with Gasteiger partial charge in [-0.1, -0.05) is 135 Å². The van der Waals surface area contributed by atoms with E-state index < -0.39 is 18.1 Å². The van der Waals surface area contributed by atoms with Gasteiger partial charge in [0.05, 0.1) is 34.4 Å². The summed E-state index contributed by atoms with van der Waals surface area (Å²) in [6.45, 7) is 4.68. The average Bonchev–Trinajstić information content (AvgIpc) is 3.03. The summed E-state index contributed by atoms with van der Waals surface area (Å²) in [4.78, 5) is 36.7. The molecule has 0 aliphatic heterocycles. The van der Waals surface area contributed by atoms with E-state index in [1.165, 1.54) is 83.5 Å². The number of esters is 2. The molecule has 8 nitrogen and oxygen atoms in total. The third kappa shape index (κ3) is 30.2. The molecular weight excluding hydrogens is 606 g/mol. The Morgan fingerprint density at radius 1 is 0.604 bits per heavy atom. The summed E-state index contributed by atoms with van der Waals surface area (Å²) >= 11 is 0. The van der Waals surface area contributed by atoms with Gasteiger partial charge in [-0.15, -0.1) is 0 Å². The van der Waals surface area contributed by atoms with E-state index in [0.29, 0.717) is 19.3 Å². The summed E-state index contributed by atoms with van der Waals surface area (Å²) < 4.78 is 17.2. The molecule has 282 valence electrons. The van der Waals surface area contributed by atoms with Gasteiger partial charge in [-0.2, -0.15) is 0 Å². The topological polar surface area (TPSA) is 99.1 Å². The number of carboxylic acids is 1.